The van der Waals surface area contributed by atoms with Crippen LogP contribution in [0.5, 0.6) is 5.75 Å². The Morgan fingerprint density at radius 3 is 2.06 bits per heavy atom. The van der Waals surface area contributed by atoms with Crippen molar-refractivity contribution in [2.75, 3.05) is 6.61 Å². The Hall–Kier alpha value is -3.88. The lowest BCUT2D eigenvalue weighted by Crippen LogP contribution is -2.38. The van der Waals surface area contributed by atoms with Crippen LogP contribution in [-0.4, -0.2) is 47.1 Å². The fraction of sp³-hybridized carbons (Fsp3) is 0.333. The first-order valence-electron chi connectivity index (χ1n) is 10.3. The minimum atomic E-state index is -1.10. The van der Waals surface area contributed by atoms with Gasteiger partial charge in [0.25, 0.3) is 5.91 Å². The fourth-order valence-corrected chi connectivity index (χ4v) is 2.72. The van der Waals surface area contributed by atoms with E-state index in [1.807, 2.05) is 0 Å². The van der Waals surface area contributed by atoms with Crippen LogP contribution < -0.4 is 15.4 Å². The monoisotopic (exact) mass is 456 g/mol. The van der Waals surface area contributed by atoms with Crippen molar-refractivity contribution in [1.29, 1.82) is 0 Å². The second kappa shape index (κ2) is 11.1. The maximum Gasteiger partial charge on any atom is 0.407 e. The first kappa shape index (κ1) is 25.4. The average molecular weight is 456 g/mol. The maximum absolute atomic E-state index is 12.6. The number of carboxylic acids is 1. The third-order valence-electron chi connectivity index (χ3n) is 4.29. The number of Topliss-reactive ketones (excluding diaryl/α,β-unsaturated/α-hetero) is 1. The molecule has 0 radical (unpaired) electrons. The Bertz CT molecular complexity index is 993. The highest BCUT2D eigenvalue weighted by molar-refractivity contribution is 6.04. The third kappa shape index (κ3) is 8.64. The number of amides is 2. The molecular formula is C24H28N2O7. The molecule has 33 heavy (non-hydrogen) atoms. The van der Waals surface area contributed by atoms with Gasteiger partial charge in [-0.25, -0.2) is 9.59 Å². The third-order valence-corrected chi connectivity index (χ3v) is 4.29. The van der Waals surface area contributed by atoms with E-state index in [1.165, 1.54) is 24.3 Å². The molecule has 0 heterocycles. The quantitative estimate of drug-likeness (QED) is 0.494. The van der Waals surface area contributed by atoms with E-state index in [4.69, 9.17) is 14.6 Å². The molecule has 0 aliphatic heterocycles. The number of nitrogens with one attached hydrogen (secondary N) is 2. The van der Waals surface area contributed by atoms with Crippen molar-refractivity contribution in [2.24, 2.45) is 0 Å². The zero-order valence-corrected chi connectivity index (χ0v) is 19.0. The van der Waals surface area contributed by atoms with Crippen LogP contribution in [-0.2, 0) is 16.1 Å². The zero-order chi connectivity index (χ0) is 24.6. The summed E-state index contributed by atoms with van der Waals surface area (Å²) in [5.74, 6) is -1.49. The number of hydrogen-bond acceptors (Lipinski definition) is 6. The van der Waals surface area contributed by atoms with Crippen molar-refractivity contribution in [2.45, 2.75) is 45.9 Å². The second-order valence-electron chi connectivity index (χ2n) is 8.32. The standard InChI is InChI=1S/C24H28N2O7/c1-15(21(29)17-9-11-19(12-10-17)32-14-20(27)28)26-22(30)18-7-5-16(6-8-18)13-25-23(31)33-24(2,3)4/h5-12,15H,13-14H2,1-4H3,(H,25,31)(H,26,30)(H,27,28). The number of alkyl carbamates (subject to hydrolysis) is 1. The van der Waals surface area contributed by atoms with Gasteiger partial charge < -0.3 is 25.2 Å². The van der Waals surface area contributed by atoms with E-state index in [0.717, 1.165) is 5.56 Å². The molecule has 2 aromatic carbocycles. The van der Waals surface area contributed by atoms with Gasteiger partial charge >= 0.3 is 12.1 Å². The van der Waals surface area contributed by atoms with Crippen LogP contribution in [0.15, 0.2) is 48.5 Å². The second-order valence-corrected chi connectivity index (χ2v) is 8.32. The van der Waals surface area contributed by atoms with Crippen LogP contribution in [0.3, 0.4) is 0 Å². The highest BCUT2D eigenvalue weighted by Gasteiger charge is 2.19. The predicted octanol–water partition coefficient (Wildman–Crippen LogP) is 3.18. The molecule has 0 saturated heterocycles. The first-order valence-corrected chi connectivity index (χ1v) is 10.3. The molecule has 9 nitrogen and oxygen atoms in total. The van der Waals surface area contributed by atoms with Crippen molar-refractivity contribution in [3.63, 3.8) is 0 Å². The maximum atomic E-state index is 12.6. The molecule has 3 N–H and O–H groups in total. The first-order chi connectivity index (χ1) is 15.4. The SMILES string of the molecule is CC(NC(=O)c1ccc(CNC(=O)OC(C)(C)C)cc1)C(=O)c1ccc(OCC(=O)O)cc1. The zero-order valence-electron chi connectivity index (χ0n) is 19.0. The Morgan fingerprint density at radius 2 is 1.52 bits per heavy atom. The van der Waals surface area contributed by atoms with Gasteiger partial charge in [-0.2, -0.15) is 0 Å². The molecule has 0 fully saturated rings. The molecule has 0 spiro atoms. The van der Waals surface area contributed by atoms with Crippen LogP contribution in [0.25, 0.3) is 0 Å². The average Bonchev–Trinajstić information content (AvgIpc) is 2.75. The van der Waals surface area contributed by atoms with Crippen molar-refractivity contribution < 1.29 is 33.8 Å². The van der Waals surface area contributed by atoms with Gasteiger partial charge in [0.2, 0.25) is 0 Å². The van der Waals surface area contributed by atoms with Crippen molar-refractivity contribution in [3.8, 4) is 5.75 Å². The molecule has 176 valence electrons. The van der Waals surface area contributed by atoms with E-state index in [-0.39, 0.29) is 12.3 Å². The van der Waals surface area contributed by atoms with Gasteiger partial charge in [-0.1, -0.05) is 12.1 Å². The van der Waals surface area contributed by atoms with Crippen molar-refractivity contribution >= 4 is 23.8 Å². The van der Waals surface area contributed by atoms with Crippen molar-refractivity contribution in [1.82, 2.24) is 10.6 Å². The smallest absolute Gasteiger partial charge is 0.407 e. The minimum absolute atomic E-state index is 0.248. The molecule has 1 unspecified atom stereocenters. The number of carbonyl (C=O) groups excluding carboxylic acids is 3. The summed E-state index contributed by atoms with van der Waals surface area (Å²) in [7, 11) is 0. The lowest BCUT2D eigenvalue weighted by molar-refractivity contribution is -0.139. The summed E-state index contributed by atoms with van der Waals surface area (Å²) in [6, 6.07) is 11.8. The van der Waals surface area contributed by atoms with Crippen molar-refractivity contribution in [3.05, 3.63) is 65.2 Å². The number of carboxylic acid groups (broad SMARTS) is 1. The molecule has 0 saturated carbocycles. The van der Waals surface area contributed by atoms with Crippen LogP contribution in [0.4, 0.5) is 4.79 Å². The van der Waals surface area contributed by atoms with Crippen LogP contribution >= 0.6 is 0 Å². The van der Waals surface area contributed by atoms with E-state index in [1.54, 1.807) is 52.0 Å². The Balaban J connectivity index is 1.88. The lowest BCUT2D eigenvalue weighted by atomic mass is 10.0. The molecule has 2 amide bonds. The minimum Gasteiger partial charge on any atom is -0.482 e. The van der Waals surface area contributed by atoms with E-state index in [9.17, 15) is 19.2 Å². The summed E-state index contributed by atoms with van der Waals surface area (Å²) in [4.78, 5) is 47.4. The number of benzene rings is 2. The van der Waals surface area contributed by atoms with Gasteiger partial charge in [-0.15, -0.1) is 0 Å². The summed E-state index contributed by atoms with van der Waals surface area (Å²) in [6.45, 7) is 6.68. The number of carbonyl (C=O) groups is 4. The van der Waals surface area contributed by atoms with E-state index in [2.05, 4.69) is 10.6 Å². The fourth-order valence-electron chi connectivity index (χ4n) is 2.72. The number of hydrogen-bond donors (Lipinski definition) is 3. The highest BCUT2D eigenvalue weighted by Crippen LogP contribution is 2.14. The van der Waals surface area contributed by atoms with E-state index < -0.39 is 36.2 Å². The van der Waals surface area contributed by atoms with Crippen LogP contribution in [0.1, 0.15) is 54.0 Å². The molecule has 2 rings (SSSR count). The Kier molecular flexibility index (Phi) is 8.56. The molecule has 0 aliphatic carbocycles. The summed E-state index contributed by atoms with van der Waals surface area (Å²) in [6.07, 6.45) is -0.530. The Morgan fingerprint density at radius 1 is 0.939 bits per heavy atom. The van der Waals surface area contributed by atoms with Gasteiger partial charge in [0.15, 0.2) is 12.4 Å². The largest absolute Gasteiger partial charge is 0.482 e. The number of ether oxygens (including phenoxy) is 2. The topological polar surface area (TPSA) is 131 Å². The summed E-state index contributed by atoms with van der Waals surface area (Å²) in [5.41, 5.74) is 0.921. The predicted molar refractivity (Wildman–Crippen MR) is 120 cm³/mol. The number of aliphatic carboxylic acids is 1. The molecule has 2 aromatic rings. The normalized spacial score (nSPS) is 11.8. The number of rotatable bonds is 9. The lowest BCUT2D eigenvalue weighted by Gasteiger charge is -2.19. The highest BCUT2D eigenvalue weighted by atomic mass is 16.6. The summed E-state index contributed by atoms with van der Waals surface area (Å²) >= 11 is 0. The number of ketones is 1. The van der Waals surface area contributed by atoms with E-state index >= 15 is 0 Å². The van der Waals surface area contributed by atoms with Crippen LogP contribution in [0.2, 0.25) is 0 Å². The summed E-state index contributed by atoms with van der Waals surface area (Å²) in [5, 5.41) is 13.9. The van der Waals surface area contributed by atoms with Gasteiger partial charge in [0.1, 0.15) is 11.4 Å². The Labute approximate surface area is 192 Å². The van der Waals surface area contributed by atoms with Gasteiger partial charge in [-0.05, 0) is 69.7 Å². The molecule has 0 aromatic heterocycles. The van der Waals surface area contributed by atoms with Gasteiger partial charge in [0.05, 0.1) is 6.04 Å². The van der Waals surface area contributed by atoms with E-state index in [0.29, 0.717) is 16.9 Å². The molecule has 9 heteroatoms. The molecular weight excluding hydrogens is 428 g/mol. The molecule has 1 atom stereocenters. The van der Waals surface area contributed by atoms with Crippen LogP contribution in [0, 0.1) is 0 Å². The molecule has 0 bridgehead atoms. The summed E-state index contributed by atoms with van der Waals surface area (Å²) < 4.78 is 10.2. The van der Waals surface area contributed by atoms with Gasteiger partial charge in [-0.3, -0.25) is 9.59 Å². The van der Waals surface area contributed by atoms with Gasteiger partial charge in [0, 0.05) is 17.7 Å². The molecule has 0 aliphatic rings.